The van der Waals surface area contributed by atoms with Gasteiger partial charge in [0.15, 0.2) is 4.96 Å². The number of likely N-dealkylation sites (tertiary alicyclic amines) is 1. The van der Waals surface area contributed by atoms with Crippen LogP contribution >= 0.6 is 11.3 Å². The summed E-state index contributed by atoms with van der Waals surface area (Å²) < 4.78 is 1.98. The summed E-state index contributed by atoms with van der Waals surface area (Å²) in [6.07, 6.45) is 6.60. The molecule has 0 bridgehead atoms. The monoisotopic (exact) mass is 369 g/mol. The Balaban J connectivity index is 1.27. The number of carbonyl (C=O) groups is 2. The van der Waals surface area contributed by atoms with E-state index >= 15 is 0 Å². The summed E-state index contributed by atoms with van der Waals surface area (Å²) in [6, 6.07) is 5.62. The fraction of sp³-hybridized carbons (Fsp3) is 0.333. The van der Waals surface area contributed by atoms with Crippen molar-refractivity contribution in [3.05, 3.63) is 53.6 Å². The molecule has 0 spiro atoms. The normalized spacial score (nSPS) is 17.2. The van der Waals surface area contributed by atoms with Crippen molar-refractivity contribution in [2.24, 2.45) is 5.92 Å². The van der Waals surface area contributed by atoms with Crippen molar-refractivity contribution in [3.63, 3.8) is 0 Å². The largest absolute Gasteiger partial charge is 0.355 e. The standard InChI is InChI=1S/C18H19N5O2S/c24-16-9-13(10-23(16)11-14-3-1-2-5-19-14)17(25)20-6-4-15-12-22-7-8-26-18(22)21-15/h1-3,5,7-8,12-13H,4,6,9-11H2,(H,20,25). The molecule has 1 atom stereocenters. The summed E-state index contributed by atoms with van der Waals surface area (Å²) in [5.41, 5.74) is 1.79. The van der Waals surface area contributed by atoms with E-state index in [0.717, 1.165) is 16.3 Å². The summed E-state index contributed by atoms with van der Waals surface area (Å²) >= 11 is 1.59. The van der Waals surface area contributed by atoms with Gasteiger partial charge in [-0.2, -0.15) is 0 Å². The summed E-state index contributed by atoms with van der Waals surface area (Å²) in [6.45, 7) is 1.42. The topological polar surface area (TPSA) is 79.6 Å². The van der Waals surface area contributed by atoms with Gasteiger partial charge < -0.3 is 10.2 Å². The van der Waals surface area contributed by atoms with E-state index in [9.17, 15) is 9.59 Å². The third-order valence-electron chi connectivity index (χ3n) is 4.49. The smallest absolute Gasteiger partial charge is 0.225 e. The van der Waals surface area contributed by atoms with Crippen LogP contribution in [0.2, 0.25) is 0 Å². The average molecular weight is 369 g/mol. The Bertz CT molecular complexity index is 891. The van der Waals surface area contributed by atoms with E-state index in [-0.39, 0.29) is 24.2 Å². The molecule has 4 rings (SSSR count). The second-order valence-electron chi connectivity index (χ2n) is 6.36. The lowest BCUT2D eigenvalue weighted by molar-refractivity contribution is -0.129. The van der Waals surface area contributed by atoms with Gasteiger partial charge in [0.2, 0.25) is 11.8 Å². The zero-order chi connectivity index (χ0) is 17.9. The Hall–Kier alpha value is -2.74. The number of rotatable bonds is 6. The number of fused-ring (bicyclic) bond motifs is 1. The van der Waals surface area contributed by atoms with Crippen LogP contribution in [0.25, 0.3) is 4.96 Å². The lowest BCUT2D eigenvalue weighted by Crippen LogP contribution is -2.34. The van der Waals surface area contributed by atoms with E-state index in [4.69, 9.17) is 0 Å². The van der Waals surface area contributed by atoms with E-state index in [0.29, 0.717) is 26.1 Å². The molecule has 1 unspecified atom stereocenters. The zero-order valence-corrected chi connectivity index (χ0v) is 15.0. The second-order valence-corrected chi connectivity index (χ2v) is 7.24. The first-order valence-corrected chi connectivity index (χ1v) is 9.43. The molecule has 8 heteroatoms. The maximum absolute atomic E-state index is 12.4. The van der Waals surface area contributed by atoms with Crippen LogP contribution in [0.5, 0.6) is 0 Å². The summed E-state index contributed by atoms with van der Waals surface area (Å²) in [5, 5.41) is 4.92. The first kappa shape index (κ1) is 16.7. The number of hydrogen-bond donors (Lipinski definition) is 1. The van der Waals surface area contributed by atoms with Crippen LogP contribution in [-0.4, -0.2) is 44.2 Å². The van der Waals surface area contributed by atoms with Gasteiger partial charge in [0.1, 0.15) is 0 Å². The number of thiazole rings is 1. The third-order valence-corrected chi connectivity index (χ3v) is 5.26. The molecule has 7 nitrogen and oxygen atoms in total. The molecule has 0 radical (unpaired) electrons. The maximum atomic E-state index is 12.4. The van der Waals surface area contributed by atoms with Gasteiger partial charge in [-0.3, -0.25) is 19.0 Å². The molecule has 0 saturated carbocycles. The molecule has 0 aromatic carbocycles. The highest BCUT2D eigenvalue weighted by Crippen LogP contribution is 2.20. The fourth-order valence-corrected chi connectivity index (χ4v) is 3.86. The number of nitrogens with one attached hydrogen (secondary N) is 1. The molecule has 3 aromatic heterocycles. The predicted octanol–water partition coefficient (Wildman–Crippen LogP) is 1.50. The van der Waals surface area contributed by atoms with Crippen molar-refractivity contribution >= 4 is 28.1 Å². The van der Waals surface area contributed by atoms with Crippen LogP contribution in [0.15, 0.2) is 42.2 Å². The molecule has 3 aromatic rings. The Morgan fingerprint density at radius 2 is 2.27 bits per heavy atom. The van der Waals surface area contributed by atoms with Gasteiger partial charge in [-0.15, -0.1) is 11.3 Å². The van der Waals surface area contributed by atoms with E-state index < -0.39 is 0 Å². The first-order chi connectivity index (χ1) is 12.7. The average Bonchev–Trinajstić information content (AvgIpc) is 3.31. The van der Waals surface area contributed by atoms with E-state index in [1.807, 2.05) is 40.4 Å². The zero-order valence-electron chi connectivity index (χ0n) is 14.2. The lowest BCUT2D eigenvalue weighted by atomic mass is 10.1. The Morgan fingerprint density at radius 1 is 1.35 bits per heavy atom. The van der Waals surface area contributed by atoms with Crippen LogP contribution in [0, 0.1) is 5.92 Å². The number of nitrogens with zero attached hydrogens (tertiary/aromatic N) is 4. The number of hydrogen-bond acceptors (Lipinski definition) is 5. The number of imidazole rings is 1. The number of amides is 2. The van der Waals surface area contributed by atoms with Crippen molar-refractivity contribution < 1.29 is 9.59 Å². The molecular formula is C18H19N5O2S. The van der Waals surface area contributed by atoms with Crippen molar-refractivity contribution in [1.82, 2.24) is 24.6 Å². The minimum Gasteiger partial charge on any atom is -0.355 e. The van der Waals surface area contributed by atoms with E-state index in [1.54, 1.807) is 22.4 Å². The molecule has 1 aliphatic rings. The van der Waals surface area contributed by atoms with Crippen molar-refractivity contribution in [2.75, 3.05) is 13.1 Å². The van der Waals surface area contributed by atoms with Gasteiger partial charge in [0, 0.05) is 49.9 Å². The quantitative estimate of drug-likeness (QED) is 0.714. The molecule has 1 aliphatic heterocycles. The summed E-state index contributed by atoms with van der Waals surface area (Å²) in [4.78, 5) is 35.9. The minimum absolute atomic E-state index is 0.00476. The molecule has 0 aliphatic carbocycles. The van der Waals surface area contributed by atoms with E-state index in [2.05, 4.69) is 15.3 Å². The minimum atomic E-state index is -0.295. The highest BCUT2D eigenvalue weighted by Gasteiger charge is 2.34. The molecule has 1 fully saturated rings. The van der Waals surface area contributed by atoms with Gasteiger partial charge in [0.25, 0.3) is 0 Å². The van der Waals surface area contributed by atoms with Crippen LogP contribution < -0.4 is 5.32 Å². The SMILES string of the molecule is O=C(NCCc1cn2ccsc2n1)C1CC(=O)N(Cc2ccccn2)C1. The van der Waals surface area contributed by atoms with E-state index in [1.165, 1.54) is 0 Å². The van der Waals surface area contributed by atoms with Crippen molar-refractivity contribution in [2.45, 2.75) is 19.4 Å². The molecule has 1 N–H and O–H groups in total. The van der Waals surface area contributed by atoms with Crippen LogP contribution in [0.4, 0.5) is 0 Å². The Morgan fingerprint density at radius 3 is 3.08 bits per heavy atom. The van der Waals surface area contributed by atoms with Gasteiger partial charge in [-0.1, -0.05) is 6.07 Å². The molecule has 2 amide bonds. The summed E-state index contributed by atoms with van der Waals surface area (Å²) in [5.74, 6) is -0.357. The second kappa shape index (κ2) is 7.25. The highest BCUT2D eigenvalue weighted by atomic mass is 32.1. The van der Waals surface area contributed by atoms with Gasteiger partial charge in [-0.05, 0) is 12.1 Å². The van der Waals surface area contributed by atoms with Gasteiger partial charge in [0.05, 0.1) is 23.9 Å². The third kappa shape index (κ3) is 3.60. The van der Waals surface area contributed by atoms with Crippen molar-refractivity contribution in [1.29, 1.82) is 0 Å². The first-order valence-electron chi connectivity index (χ1n) is 8.55. The maximum Gasteiger partial charge on any atom is 0.225 e. The van der Waals surface area contributed by atoms with Gasteiger partial charge in [-0.25, -0.2) is 4.98 Å². The van der Waals surface area contributed by atoms with Gasteiger partial charge >= 0.3 is 0 Å². The molecule has 1 saturated heterocycles. The fourth-order valence-electron chi connectivity index (χ4n) is 3.14. The molecule has 4 heterocycles. The number of pyridine rings is 1. The molecule has 134 valence electrons. The lowest BCUT2D eigenvalue weighted by Gasteiger charge is -2.16. The highest BCUT2D eigenvalue weighted by molar-refractivity contribution is 7.15. The number of carbonyl (C=O) groups excluding carboxylic acids is 2. The molecule has 26 heavy (non-hydrogen) atoms. The Kier molecular flexibility index (Phi) is 4.66. The van der Waals surface area contributed by atoms with Crippen LogP contribution in [-0.2, 0) is 22.6 Å². The van der Waals surface area contributed by atoms with Crippen molar-refractivity contribution in [3.8, 4) is 0 Å². The summed E-state index contributed by atoms with van der Waals surface area (Å²) in [7, 11) is 0. The van der Waals surface area contributed by atoms with Crippen LogP contribution in [0.3, 0.4) is 0 Å². The predicted molar refractivity (Wildman–Crippen MR) is 97.5 cm³/mol. The number of aromatic nitrogens is 3. The molecular weight excluding hydrogens is 350 g/mol. The van der Waals surface area contributed by atoms with Crippen LogP contribution in [0.1, 0.15) is 17.8 Å². The Labute approximate surface area is 154 Å².